The van der Waals surface area contributed by atoms with Gasteiger partial charge in [-0.25, -0.2) is 0 Å². The van der Waals surface area contributed by atoms with Crippen LogP contribution in [-0.2, 0) is 14.3 Å². The van der Waals surface area contributed by atoms with Crippen LogP contribution in [0, 0.1) is 57.7 Å². The third kappa shape index (κ3) is 3.70. The average Bonchev–Trinajstić information content (AvgIpc) is 3.72. The highest BCUT2D eigenvalue weighted by molar-refractivity contribution is 5.90. The Kier molecular flexibility index (Phi) is 7.35. The molecule has 1 saturated heterocycles. The van der Waals surface area contributed by atoms with Crippen molar-refractivity contribution in [1.82, 2.24) is 5.32 Å². The molecule has 0 aromatic rings. The van der Waals surface area contributed by atoms with E-state index in [1.807, 2.05) is 0 Å². The molecule has 4 bridgehead atoms. The molecule has 218 valence electrons. The Morgan fingerprint density at radius 3 is 2.64 bits per heavy atom. The average molecular weight is 540 g/mol. The largest absolute Gasteiger partial charge is 0.481 e. The van der Waals surface area contributed by atoms with Gasteiger partial charge in [-0.2, -0.15) is 0 Å². The van der Waals surface area contributed by atoms with Crippen LogP contribution in [-0.4, -0.2) is 42.7 Å². The predicted octanol–water partition coefficient (Wildman–Crippen LogP) is 6.65. The van der Waals surface area contributed by atoms with Gasteiger partial charge in [-0.05, 0) is 86.5 Å². The van der Waals surface area contributed by atoms with Gasteiger partial charge in [0.05, 0.1) is 17.6 Å². The van der Waals surface area contributed by atoms with Crippen LogP contribution in [0.15, 0.2) is 11.6 Å². The highest BCUT2D eigenvalue weighted by atomic mass is 16.5. The van der Waals surface area contributed by atoms with Crippen LogP contribution in [0.25, 0.3) is 0 Å². The van der Waals surface area contributed by atoms with Crippen LogP contribution < -0.4 is 5.32 Å². The first kappa shape index (κ1) is 27.9. The predicted molar refractivity (Wildman–Crippen MR) is 153 cm³/mol. The number of hydrogen-bond acceptors (Lipinski definition) is 4. The number of fused-ring (bicyclic) bond motifs is 2. The quantitative estimate of drug-likeness (QED) is 0.175. The fraction of sp³-hybridized carbons (Fsp3) is 0.882. The van der Waals surface area contributed by atoms with Crippen LogP contribution in [0.3, 0.4) is 0 Å². The molecule has 1 aliphatic heterocycles. The zero-order valence-corrected chi connectivity index (χ0v) is 24.9. The summed E-state index contributed by atoms with van der Waals surface area (Å²) < 4.78 is 7.21. The number of hydrogen-bond donors (Lipinski definition) is 2. The molecule has 5 aliphatic carbocycles. The van der Waals surface area contributed by atoms with Gasteiger partial charge >= 0.3 is 5.97 Å². The normalized spacial score (nSPS) is 46.7. The molecule has 39 heavy (non-hydrogen) atoms. The molecule has 1 heterocycles. The molecule has 6 aliphatic rings. The zero-order chi connectivity index (χ0) is 27.6. The van der Waals surface area contributed by atoms with E-state index in [-0.39, 0.29) is 30.0 Å². The van der Waals surface area contributed by atoms with E-state index in [0.29, 0.717) is 24.2 Å². The van der Waals surface area contributed by atoms with Gasteiger partial charge in [0.25, 0.3) is 0 Å². The van der Waals surface area contributed by atoms with Gasteiger partial charge in [0, 0.05) is 12.0 Å². The zero-order valence-electron chi connectivity index (χ0n) is 24.9. The van der Waals surface area contributed by atoms with Crippen LogP contribution in [0.5, 0.6) is 0 Å². The summed E-state index contributed by atoms with van der Waals surface area (Å²) in [7, 11) is 0. The Bertz CT molecular complexity index is 986. The highest BCUT2D eigenvalue weighted by Crippen LogP contribution is 2.84. The Morgan fingerprint density at radius 1 is 1.21 bits per heavy atom. The van der Waals surface area contributed by atoms with Gasteiger partial charge in [0.15, 0.2) is 0 Å². The summed E-state index contributed by atoms with van der Waals surface area (Å²) in [6.07, 6.45) is 17.2. The van der Waals surface area contributed by atoms with Gasteiger partial charge in [-0.1, -0.05) is 77.9 Å². The van der Waals surface area contributed by atoms with E-state index in [0.717, 1.165) is 56.5 Å². The Hall–Kier alpha value is -1.20. The first-order chi connectivity index (χ1) is 18.8. The summed E-state index contributed by atoms with van der Waals surface area (Å²) in [6, 6.07) is 0. The van der Waals surface area contributed by atoms with Gasteiger partial charge in [0.1, 0.15) is 11.7 Å². The molecule has 6 rings (SSSR count). The van der Waals surface area contributed by atoms with E-state index in [1.165, 1.54) is 44.9 Å². The van der Waals surface area contributed by atoms with Crippen molar-refractivity contribution in [3.63, 3.8) is 0 Å². The van der Waals surface area contributed by atoms with Gasteiger partial charge in [-0.3, -0.25) is 4.79 Å². The van der Waals surface area contributed by atoms with Crippen molar-refractivity contribution in [1.29, 1.82) is 0 Å². The monoisotopic (exact) mass is 539 g/mol. The Morgan fingerprint density at radius 2 is 1.97 bits per heavy atom. The summed E-state index contributed by atoms with van der Waals surface area (Å²) in [5, 5.41) is 15.1. The number of unbranched alkanes of at least 4 members (excludes halogenated alkanes) is 1. The Labute approximate surface area is 236 Å². The maximum atomic E-state index is 13.9. The number of carboxylic acids is 1. The number of carbonyl (C=O) groups excluding carboxylic acids is 1. The minimum Gasteiger partial charge on any atom is -0.481 e. The van der Waals surface area contributed by atoms with Crippen molar-refractivity contribution in [2.24, 2.45) is 57.7 Å². The Balaban J connectivity index is 1.42. The molecule has 0 spiro atoms. The second-order valence-corrected chi connectivity index (χ2v) is 15.0. The van der Waals surface area contributed by atoms with Gasteiger partial charge in [0.2, 0.25) is 0 Å². The second-order valence-electron chi connectivity index (χ2n) is 15.0. The van der Waals surface area contributed by atoms with Crippen molar-refractivity contribution in [2.75, 3.05) is 13.1 Å². The van der Waals surface area contributed by atoms with Crippen LogP contribution in [0.2, 0.25) is 0 Å². The minimum absolute atomic E-state index is 0.0916. The summed E-state index contributed by atoms with van der Waals surface area (Å²) >= 11 is 0. The van der Waals surface area contributed by atoms with E-state index in [2.05, 4.69) is 39.1 Å². The van der Waals surface area contributed by atoms with E-state index >= 15 is 0 Å². The third-order valence-electron chi connectivity index (χ3n) is 13.1. The fourth-order valence-electron chi connectivity index (χ4n) is 11.7. The molecule has 5 nitrogen and oxygen atoms in total. The van der Waals surface area contributed by atoms with E-state index in [4.69, 9.17) is 4.74 Å². The van der Waals surface area contributed by atoms with Crippen molar-refractivity contribution in [2.45, 2.75) is 117 Å². The first-order valence-corrected chi connectivity index (χ1v) is 16.5. The van der Waals surface area contributed by atoms with Crippen molar-refractivity contribution in [3.05, 3.63) is 11.6 Å². The number of aldehydes is 1. The number of ether oxygens (including phenoxy) is 1. The SMILES string of the molecule is CCCCNCC1OC(C23C[C@@H]4[C@H](C)CC[C@H]4C4(C=O)CC2C=C(C(C)C)[C@@]34C(=O)O)CC1CC1CCCC1. The molecular formula is C34H53NO4. The van der Waals surface area contributed by atoms with E-state index in [1.54, 1.807) is 0 Å². The van der Waals surface area contributed by atoms with Gasteiger partial charge < -0.3 is 20.0 Å². The smallest absolute Gasteiger partial charge is 0.315 e. The third-order valence-corrected chi connectivity index (χ3v) is 13.1. The summed E-state index contributed by atoms with van der Waals surface area (Å²) in [6.45, 7) is 10.7. The van der Waals surface area contributed by atoms with Crippen LogP contribution >= 0.6 is 0 Å². The number of carboxylic acid groups (broad SMARTS) is 1. The molecule has 0 aromatic carbocycles. The maximum Gasteiger partial charge on any atom is 0.315 e. The molecule has 0 radical (unpaired) electrons. The number of allylic oxidation sites excluding steroid dienone is 1. The molecule has 6 unspecified atom stereocenters. The van der Waals surface area contributed by atoms with Crippen molar-refractivity contribution in [3.8, 4) is 0 Å². The van der Waals surface area contributed by atoms with Crippen molar-refractivity contribution >= 4 is 12.3 Å². The maximum absolute atomic E-state index is 13.9. The standard InChI is InChI=1S/C34H53NO4/c1-5-6-13-35-19-29-24(14-23-9-7-8-10-23)15-30(39-29)33-18-26-22(4)11-12-27(26)32(20-36)17-25(33)16-28(21(2)3)34(32,33)31(37)38/h16,20-27,29-30,35H,5-15,17-19H2,1-4H3,(H,37,38)/t22-,24?,25?,26-,27-,29?,30?,32?,33?,34+/m1/s1. The molecule has 5 heteroatoms. The fourth-order valence-corrected chi connectivity index (χ4v) is 11.7. The number of nitrogens with one attached hydrogen (secondary N) is 1. The molecule has 0 aromatic heterocycles. The number of rotatable bonds is 11. The summed E-state index contributed by atoms with van der Waals surface area (Å²) in [5.41, 5.74) is -1.39. The topological polar surface area (TPSA) is 75.6 Å². The summed E-state index contributed by atoms with van der Waals surface area (Å²) in [4.78, 5) is 27.4. The molecular weight excluding hydrogens is 486 g/mol. The van der Waals surface area contributed by atoms with Crippen molar-refractivity contribution < 1.29 is 19.4 Å². The number of carbonyl (C=O) groups is 2. The van der Waals surface area contributed by atoms with Crippen LogP contribution in [0.4, 0.5) is 0 Å². The molecule has 2 N–H and O–H groups in total. The highest BCUT2D eigenvalue weighted by Gasteiger charge is 2.86. The lowest BCUT2D eigenvalue weighted by atomic mass is 9.41. The minimum atomic E-state index is -1.13. The lowest BCUT2D eigenvalue weighted by Crippen LogP contribution is -2.65. The molecule has 5 fully saturated rings. The second kappa shape index (κ2) is 10.3. The van der Waals surface area contributed by atoms with E-state index in [9.17, 15) is 14.7 Å². The van der Waals surface area contributed by atoms with Gasteiger partial charge in [-0.15, -0.1) is 0 Å². The molecule has 0 amide bonds. The van der Waals surface area contributed by atoms with Crippen LogP contribution in [0.1, 0.15) is 105 Å². The first-order valence-electron chi connectivity index (χ1n) is 16.5. The lowest BCUT2D eigenvalue weighted by molar-refractivity contribution is -0.197. The summed E-state index contributed by atoms with van der Waals surface area (Å²) in [5.74, 6) is 1.90. The lowest BCUT2D eigenvalue weighted by Gasteiger charge is -2.60. The van der Waals surface area contributed by atoms with E-state index < -0.39 is 22.2 Å². The molecule has 10 atom stereocenters. The molecule has 4 saturated carbocycles. The number of aliphatic carboxylic acids is 1.